The Bertz CT molecular complexity index is 149. The third-order valence-electron chi connectivity index (χ3n) is 2.66. The maximum absolute atomic E-state index is 5.23. The van der Waals surface area contributed by atoms with Crippen molar-refractivity contribution in [1.29, 1.82) is 0 Å². The van der Waals surface area contributed by atoms with Gasteiger partial charge >= 0.3 is 0 Å². The Balaban J connectivity index is 1.73. The summed E-state index contributed by atoms with van der Waals surface area (Å²) in [6.45, 7) is 4.75. The Labute approximate surface area is 78.6 Å². The molecule has 0 spiro atoms. The highest BCUT2D eigenvalue weighted by atomic mass is 32.2. The SMILES string of the molecule is CSC1CCCN(CC2CO2)C1. The molecule has 70 valence electrons. The van der Waals surface area contributed by atoms with Gasteiger partial charge in [-0.2, -0.15) is 11.8 Å². The molecule has 0 saturated carbocycles. The minimum atomic E-state index is 0.575. The predicted molar refractivity (Wildman–Crippen MR) is 52.7 cm³/mol. The van der Waals surface area contributed by atoms with Crippen molar-refractivity contribution in [3.8, 4) is 0 Å². The lowest BCUT2D eigenvalue weighted by Gasteiger charge is -2.31. The van der Waals surface area contributed by atoms with Crippen molar-refractivity contribution in [1.82, 2.24) is 4.90 Å². The lowest BCUT2D eigenvalue weighted by molar-refractivity contribution is 0.211. The second-order valence-corrected chi connectivity index (χ2v) is 4.85. The van der Waals surface area contributed by atoms with Gasteiger partial charge < -0.3 is 4.74 Å². The minimum absolute atomic E-state index is 0.575. The molecular weight excluding hydrogens is 170 g/mol. The summed E-state index contributed by atoms with van der Waals surface area (Å²) in [5.41, 5.74) is 0. The smallest absolute Gasteiger partial charge is 0.0936 e. The van der Waals surface area contributed by atoms with E-state index in [0.29, 0.717) is 6.10 Å². The van der Waals surface area contributed by atoms with Crippen molar-refractivity contribution in [3.63, 3.8) is 0 Å². The summed E-state index contributed by atoms with van der Waals surface area (Å²) in [6.07, 6.45) is 5.58. The molecule has 2 unspecified atom stereocenters. The Morgan fingerprint density at radius 1 is 1.58 bits per heavy atom. The van der Waals surface area contributed by atoms with E-state index in [1.54, 1.807) is 0 Å². The zero-order chi connectivity index (χ0) is 8.39. The second-order valence-electron chi connectivity index (χ2n) is 3.71. The van der Waals surface area contributed by atoms with E-state index in [1.165, 1.54) is 32.5 Å². The van der Waals surface area contributed by atoms with Crippen molar-refractivity contribution in [3.05, 3.63) is 0 Å². The number of rotatable bonds is 3. The summed E-state index contributed by atoms with van der Waals surface area (Å²) in [5.74, 6) is 0. The zero-order valence-electron chi connectivity index (χ0n) is 7.66. The van der Waals surface area contributed by atoms with Crippen molar-refractivity contribution < 1.29 is 4.74 Å². The number of likely N-dealkylation sites (tertiary alicyclic amines) is 1. The lowest BCUT2D eigenvalue weighted by Crippen LogP contribution is -2.39. The zero-order valence-corrected chi connectivity index (χ0v) is 8.48. The minimum Gasteiger partial charge on any atom is -0.372 e. The summed E-state index contributed by atoms with van der Waals surface area (Å²) < 4.78 is 5.23. The summed E-state index contributed by atoms with van der Waals surface area (Å²) in [4.78, 5) is 2.56. The molecule has 0 N–H and O–H groups in total. The Hall–Kier alpha value is 0.270. The van der Waals surface area contributed by atoms with Gasteiger partial charge in [0.05, 0.1) is 12.7 Å². The fraction of sp³-hybridized carbons (Fsp3) is 1.00. The maximum Gasteiger partial charge on any atom is 0.0936 e. The number of epoxide rings is 1. The van der Waals surface area contributed by atoms with Gasteiger partial charge in [-0.05, 0) is 25.6 Å². The number of piperidine rings is 1. The van der Waals surface area contributed by atoms with Gasteiger partial charge in [-0.15, -0.1) is 0 Å². The van der Waals surface area contributed by atoms with E-state index in [9.17, 15) is 0 Å². The van der Waals surface area contributed by atoms with Crippen LogP contribution in [-0.2, 0) is 4.74 Å². The van der Waals surface area contributed by atoms with Gasteiger partial charge in [0, 0.05) is 18.3 Å². The van der Waals surface area contributed by atoms with Gasteiger partial charge in [0.15, 0.2) is 0 Å². The molecule has 2 atom stereocenters. The first kappa shape index (κ1) is 8.85. The molecule has 0 radical (unpaired) electrons. The maximum atomic E-state index is 5.23. The van der Waals surface area contributed by atoms with Crippen LogP contribution >= 0.6 is 11.8 Å². The van der Waals surface area contributed by atoms with Crippen LogP contribution in [0, 0.1) is 0 Å². The largest absolute Gasteiger partial charge is 0.372 e. The first-order valence-corrected chi connectivity index (χ1v) is 6.04. The molecule has 3 heteroatoms. The molecule has 0 aromatic heterocycles. The molecule has 2 rings (SSSR count). The Morgan fingerprint density at radius 2 is 2.42 bits per heavy atom. The van der Waals surface area contributed by atoms with Gasteiger partial charge in [-0.1, -0.05) is 0 Å². The highest BCUT2D eigenvalue weighted by Gasteiger charge is 2.28. The molecule has 12 heavy (non-hydrogen) atoms. The van der Waals surface area contributed by atoms with Crippen LogP contribution in [-0.4, -0.2) is 48.8 Å². The standard InChI is InChI=1S/C9H17NOS/c1-12-9-3-2-4-10(6-9)5-8-7-11-8/h8-9H,2-7H2,1H3. The summed E-state index contributed by atoms with van der Waals surface area (Å²) in [7, 11) is 0. The molecule has 0 bridgehead atoms. The van der Waals surface area contributed by atoms with E-state index in [-0.39, 0.29) is 0 Å². The van der Waals surface area contributed by atoms with Gasteiger partial charge in [-0.25, -0.2) is 0 Å². The van der Waals surface area contributed by atoms with E-state index in [0.717, 1.165) is 11.9 Å². The first-order chi connectivity index (χ1) is 5.88. The second kappa shape index (κ2) is 3.99. The van der Waals surface area contributed by atoms with E-state index in [1.807, 2.05) is 11.8 Å². The number of hydrogen-bond donors (Lipinski definition) is 0. The molecule has 2 nitrogen and oxygen atoms in total. The molecule has 0 aromatic rings. The molecular formula is C9H17NOS. The number of nitrogens with zero attached hydrogens (tertiary/aromatic N) is 1. The summed E-state index contributed by atoms with van der Waals surface area (Å²) in [6, 6.07) is 0. The summed E-state index contributed by atoms with van der Waals surface area (Å²) in [5, 5.41) is 0.873. The monoisotopic (exact) mass is 187 g/mol. The normalized spacial score (nSPS) is 36.8. The van der Waals surface area contributed by atoms with Gasteiger partial charge in [0.25, 0.3) is 0 Å². The molecule has 2 heterocycles. The first-order valence-electron chi connectivity index (χ1n) is 4.75. The van der Waals surface area contributed by atoms with Crippen LogP contribution in [0.5, 0.6) is 0 Å². The van der Waals surface area contributed by atoms with Crippen molar-refractivity contribution in [2.24, 2.45) is 0 Å². The molecule has 2 saturated heterocycles. The number of ether oxygens (including phenoxy) is 1. The fourth-order valence-corrected chi connectivity index (χ4v) is 2.60. The van der Waals surface area contributed by atoms with Crippen molar-refractivity contribution in [2.45, 2.75) is 24.2 Å². The van der Waals surface area contributed by atoms with Crippen molar-refractivity contribution >= 4 is 11.8 Å². The molecule has 0 aliphatic carbocycles. The van der Waals surface area contributed by atoms with Gasteiger partial charge in [-0.3, -0.25) is 4.90 Å². The highest BCUT2D eigenvalue weighted by Crippen LogP contribution is 2.21. The molecule has 2 aliphatic rings. The molecule has 0 amide bonds. The van der Waals surface area contributed by atoms with Gasteiger partial charge in [0.1, 0.15) is 0 Å². The lowest BCUT2D eigenvalue weighted by atomic mass is 10.1. The Kier molecular flexibility index (Phi) is 2.94. The number of hydrogen-bond acceptors (Lipinski definition) is 3. The topological polar surface area (TPSA) is 15.8 Å². The fourth-order valence-electron chi connectivity index (χ4n) is 1.83. The summed E-state index contributed by atoms with van der Waals surface area (Å²) >= 11 is 2.01. The molecule has 0 aromatic carbocycles. The van der Waals surface area contributed by atoms with Crippen LogP contribution in [0.3, 0.4) is 0 Å². The van der Waals surface area contributed by atoms with E-state index in [2.05, 4.69) is 11.2 Å². The number of thioether (sulfide) groups is 1. The third kappa shape index (κ3) is 2.38. The average molecular weight is 187 g/mol. The molecule has 2 fully saturated rings. The predicted octanol–water partition coefficient (Wildman–Crippen LogP) is 1.21. The van der Waals surface area contributed by atoms with Crippen LogP contribution in [0.25, 0.3) is 0 Å². The quantitative estimate of drug-likeness (QED) is 0.618. The third-order valence-corrected chi connectivity index (χ3v) is 3.71. The molecule has 2 aliphatic heterocycles. The van der Waals surface area contributed by atoms with E-state index >= 15 is 0 Å². The van der Waals surface area contributed by atoms with E-state index in [4.69, 9.17) is 4.74 Å². The highest BCUT2D eigenvalue weighted by molar-refractivity contribution is 7.99. The van der Waals surface area contributed by atoms with E-state index < -0.39 is 0 Å². The Morgan fingerprint density at radius 3 is 3.08 bits per heavy atom. The van der Waals surface area contributed by atoms with Crippen molar-refractivity contribution in [2.75, 3.05) is 32.5 Å². The van der Waals surface area contributed by atoms with Crippen LogP contribution in [0.15, 0.2) is 0 Å². The van der Waals surface area contributed by atoms with Crippen LogP contribution < -0.4 is 0 Å². The van der Waals surface area contributed by atoms with Gasteiger partial charge in [0.2, 0.25) is 0 Å². The van der Waals surface area contributed by atoms with Crippen LogP contribution in [0.4, 0.5) is 0 Å². The average Bonchev–Trinajstić information content (AvgIpc) is 2.89. The van der Waals surface area contributed by atoms with Crippen LogP contribution in [0.1, 0.15) is 12.8 Å². The van der Waals surface area contributed by atoms with Crippen LogP contribution in [0.2, 0.25) is 0 Å².